The van der Waals surface area contributed by atoms with Crippen molar-refractivity contribution in [2.75, 3.05) is 33.1 Å². The van der Waals surface area contributed by atoms with Gasteiger partial charge in [0.05, 0.1) is 47.0 Å². The Morgan fingerprint density at radius 2 is 1.90 bits per heavy atom. The van der Waals surface area contributed by atoms with Crippen LogP contribution in [0, 0.1) is 23.7 Å². The van der Waals surface area contributed by atoms with Crippen LogP contribution in [0.15, 0.2) is 72.1 Å². The summed E-state index contributed by atoms with van der Waals surface area (Å²) in [6, 6.07) is 3.83. The summed E-state index contributed by atoms with van der Waals surface area (Å²) in [6.45, 7) is 6.50. The van der Waals surface area contributed by atoms with Gasteiger partial charge in [0.2, 0.25) is 0 Å². The monoisotopic (exact) mass is 843 g/mol. The number of halogens is 1. The van der Waals surface area contributed by atoms with Gasteiger partial charge >= 0.3 is 11.9 Å². The molecule has 4 heterocycles. The van der Waals surface area contributed by atoms with E-state index in [1.807, 2.05) is 0 Å². The van der Waals surface area contributed by atoms with Crippen LogP contribution in [0.2, 0.25) is 5.02 Å². The minimum Gasteiger partial charge on any atom is -0.504 e. The summed E-state index contributed by atoms with van der Waals surface area (Å²) in [5, 5.41) is 36.6. The number of nitrogens with two attached hydrogens (primary N) is 1. The number of esters is 2. The Balaban J connectivity index is 1.34. The molecule has 1 saturated heterocycles. The number of aliphatic hydroxyl groups excluding tert-OH is 2. The molecule has 0 spiro atoms. The number of rotatable bonds is 6. The fraction of sp³-hybridized carbons (Fsp3) is 0.372. The van der Waals surface area contributed by atoms with Crippen LogP contribution >= 0.6 is 11.6 Å². The van der Waals surface area contributed by atoms with E-state index in [1.165, 1.54) is 37.5 Å². The second-order valence-electron chi connectivity index (χ2n) is 15.2. The first kappa shape index (κ1) is 42.3. The van der Waals surface area contributed by atoms with Crippen molar-refractivity contribution < 1.29 is 62.9 Å². The average Bonchev–Trinajstić information content (AvgIpc) is 3.60. The lowest BCUT2D eigenvalue weighted by Gasteiger charge is -2.51. The van der Waals surface area contributed by atoms with Gasteiger partial charge in [0.1, 0.15) is 24.6 Å². The second-order valence-corrected chi connectivity index (χ2v) is 15.6. The van der Waals surface area contributed by atoms with E-state index >= 15 is 0 Å². The third-order valence-electron chi connectivity index (χ3n) is 10.5. The maximum absolute atomic E-state index is 14.1. The molecule has 8 rings (SSSR count). The number of anilines is 1. The van der Waals surface area contributed by atoms with Crippen molar-refractivity contribution in [1.29, 1.82) is 0 Å². The molecule has 4 bridgehead atoms. The SMILES string of the molecule is C=C1Oc2cc(OC)cc(C(=O)O[C@H]3COC(=O)C[C@H](N)c4cc(O)c(c(Cl)c4)O[C@@H]4C#C/C=C/3C#CC3=CC=C[C@@]34O[C@@H]3OC(C)(C)[C@@H](N(C)C)[C@@H](O)[C@H]3O)c2NC1=O. The number of phenols is 1. The number of phenolic OH excluding ortho intramolecular Hbond substituents is 1. The van der Waals surface area contributed by atoms with Crippen LogP contribution in [0.1, 0.15) is 42.2 Å². The van der Waals surface area contributed by atoms with Crippen molar-refractivity contribution >= 4 is 35.1 Å². The summed E-state index contributed by atoms with van der Waals surface area (Å²) in [5.74, 6) is 8.83. The lowest BCUT2D eigenvalue weighted by molar-refractivity contribution is -0.329. The first-order valence-electron chi connectivity index (χ1n) is 18.6. The van der Waals surface area contributed by atoms with Gasteiger partial charge in [0.15, 0.2) is 47.1 Å². The summed E-state index contributed by atoms with van der Waals surface area (Å²) in [4.78, 5) is 41.6. The van der Waals surface area contributed by atoms with E-state index in [0.717, 1.165) is 0 Å². The molecule has 4 aliphatic heterocycles. The fourth-order valence-electron chi connectivity index (χ4n) is 7.61. The highest BCUT2D eigenvalue weighted by atomic mass is 35.5. The number of likely N-dealkylation sites (N-methyl/N-ethyl adjacent to an activating group) is 1. The molecule has 17 heteroatoms. The molecule has 1 fully saturated rings. The molecule has 16 nitrogen and oxygen atoms in total. The van der Waals surface area contributed by atoms with Crippen LogP contribution in [0.4, 0.5) is 5.69 Å². The van der Waals surface area contributed by atoms with E-state index < -0.39 is 84.2 Å². The molecule has 0 aromatic heterocycles. The zero-order valence-corrected chi connectivity index (χ0v) is 33.9. The smallest absolute Gasteiger partial charge is 0.341 e. The van der Waals surface area contributed by atoms with Gasteiger partial charge in [-0.25, -0.2) is 4.79 Å². The number of allylic oxidation sites excluding steroid dienone is 3. The highest BCUT2D eigenvalue weighted by Gasteiger charge is 2.55. The van der Waals surface area contributed by atoms with Crippen LogP contribution in [0.3, 0.4) is 0 Å². The molecule has 0 saturated carbocycles. The third kappa shape index (κ3) is 7.94. The Labute approximate surface area is 350 Å². The van der Waals surface area contributed by atoms with Crippen molar-refractivity contribution in [1.82, 2.24) is 4.90 Å². The van der Waals surface area contributed by atoms with Gasteiger partial charge < -0.3 is 64.4 Å². The van der Waals surface area contributed by atoms with Crippen LogP contribution < -0.4 is 25.3 Å². The topological polar surface area (TPSA) is 218 Å². The van der Waals surface area contributed by atoms with Gasteiger partial charge in [-0.1, -0.05) is 42.0 Å². The van der Waals surface area contributed by atoms with Gasteiger partial charge in [-0.05, 0) is 69.8 Å². The van der Waals surface area contributed by atoms with Crippen molar-refractivity contribution in [3.63, 3.8) is 0 Å². The predicted octanol–water partition coefficient (Wildman–Crippen LogP) is 2.80. The molecule has 60 heavy (non-hydrogen) atoms. The normalized spacial score (nSPS) is 29.9. The Hall–Kier alpha value is -5.82. The number of ether oxygens (including phenoxy) is 7. The quantitative estimate of drug-likeness (QED) is 0.161. The Bertz CT molecular complexity index is 2360. The number of aliphatic hydroxyl groups is 2. The molecule has 2 aliphatic carbocycles. The van der Waals surface area contributed by atoms with Crippen molar-refractivity contribution in [3.8, 4) is 46.7 Å². The van der Waals surface area contributed by atoms with E-state index in [9.17, 15) is 29.7 Å². The highest BCUT2D eigenvalue weighted by molar-refractivity contribution is 6.32. The van der Waals surface area contributed by atoms with Crippen LogP contribution in [0.5, 0.6) is 23.0 Å². The Morgan fingerprint density at radius 3 is 2.62 bits per heavy atom. The van der Waals surface area contributed by atoms with E-state index in [0.29, 0.717) is 0 Å². The van der Waals surface area contributed by atoms with Crippen molar-refractivity contribution in [2.45, 2.75) is 74.3 Å². The number of nitrogens with one attached hydrogen (secondary N) is 1. The lowest BCUT2D eigenvalue weighted by Crippen LogP contribution is -2.68. The first-order valence-corrected chi connectivity index (χ1v) is 19.0. The summed E-state index contributed by atoms with van der Waals surface area (Å²) in [7, 11) is 4.87. The Kier molecular flexibility index (Phi) is 11.5. The van der Waals surface area contributed by atoms with Crippen LogP contribution in [-0.2, 0) is 28.5 Å². The number of methoxy groups -OCH3 is 1. The number of nitrogens with zero attached hydrogens (tertiary/aromatic N) is 1. The second kappa shape index (κ2) is 16.3. The molecule has 0 radical (unpaired) electrons. The molecule has 6 N–H and O–H groups in total. The number of aromatic hydroxyl groups is 1. The summed E-state index contributed by atoms with van der Waals surface area (Å²) < 4.78 is 41.9. The summed E-state index contributed by atoms with van der Waals surface area (Å²) in [5.41, 5.74) is 3.86. The maximum Gasteiger partial charge on any atom is 0.341 e. The molecular formula is C43H42ClN3O13. The minimum atomic E-state index is -1.80. The van der Waals surface area contributed by atoms with Gasteiger partial charge in [0.25, 0.3) is 5.91 Å². The number of hydrogen-bond acceptors (Lipinski definition) is 15. The van der Waals surface area contributed by atoms with Gasteiger partial charge in [-0.3, -0.25) is 9.59 Å². The van der Waals surface area contributed by atoms with E-state index in [4.69, 9.17) is 50.5 Å². The minimum absolute atomic E-state index is 0.0160. The van der Waals surface area contributed by atoms with E-state index in [-0.39, 0.29) is 62.4 Å². The summed E-state index contributed by atoms with van der Waals surface area (Å²) in [6.07, 6.45) is -1.46. The molecule has 2 aromatic rings. The zero-order chi connectivity index (χ0) is 43.3. The van der Waals surface area contributed by atoms with Crippen LogP contribution in [-0.4, -0.2) is 114 Å². The number of carbonyl (C=O) groups excluding carboxylic acids is 3. The van der Waals surface area contributed by atoms with Gasteiger partial charge in [0, 0.05) is 23.8 Å². The van der Waals surface area contributed by atoms with Crippen molar-refractivity contribution in [3.05, 3.63) is 88.2 Å². The Morgan fingerprint density at radius 1 is 1.13 bits per heavy atom. The fourth-order valence-corrected chi connectivity index (χ4v) is 7.88. The molecule has 314 valence electrons. The first-order chi connectivity index (χ1) is 28.4. The van der Waals surface area contributed by atoms with Gasteiger partial charge in [-0.15, -0.1) is 0 Å². The summed E-state index contributed by atoms with van der Waals surface area (Å²) >= 11 is 6.70. The van der Waals surface area contributed by atoms with Gasteiger partial charge in [-0.2, -0.15) is 0 Å². The predicted molar refractivity (Wildman–Crippen MR) is 214 cm³/mol. The molecular weight excluding hydrogens is 802 g/mol. The molecule has 2 aromatic carbocycles. The zero-order valence-electron chi connectivity index (χ0n) is 33.1. The third-order valence-corrected chi connectivity index (χ3v) is 10.8. The molecule has 0 unspecified atom stereocenters. The standard InChI is InChI=1S/C43H42ClN3O13/c1-21-39(52)46-34-26(17-25(54-6)18-30(34)56-21)40(53)57-31-20-55-33(49)19-28(45)23-15-27(44)37(29(48)16-23)58-32-11-7-9-22(31)12-13-24-10-8-14-43(24,32)60-41-36(51)35(50)38(47(4)5)42(2,3)59-41/h8-10,14-18,28,31-32,35-36,38,41,48,50-51H,1,19-20,45H2,2-6H3,(H,46,52)/b22-9+/t28-,31-,32+,35-,36+,38-,41-,43+/m0/s1. The largest absolute Gasteiger partial charge is 0.504 e. The highest BCUT2D eigenvalue weighted by Crippen LogP contribution is 2.44. The van der Waals surface area contributed by atoms with E-state index in [1.54, 1.807) is 51.1 Å². The number of hydrogen-bond donors (Lipinski definition) is 5. The lowest BCUT2D eigenvalue weighted by atomic mass is 9.85. The molecule has 8 atom stereocenters. The molecule has 6 aliphatic rings. The average molecular weight is 844 g/mol. The molecule has 1 amide bonds. The van der Waals surface area contributed by atoms with Crippen molar-refractivity contribution in [2.24, 2.45) is 5.73 Å². The number of benzene rings is 2. The van der Waals surface area contributed by atoms with E-state index in [2.05, 4.69) is 35.6 Å². The number of amides is 1. The maximum atomic E-state index is 14.1. The van der Waals surface area contributed by atoms with Crippen LogP contribution in [0.25, 0.3) is 0 Å². The number of carbonyl (C=O) groups is 3. The number of fused-ring (bicyclic) bond motifs is 9.